The number of unbranched alkanes of at least 4 members (excludes halogenated alkanes) is 1. The SMILES string of the molecule is CCCCOc1ccc([C@H]2/C(=C(\O)c3ccc4c(c3)OCCO4)C(=O)C(=O)N2CCc2ccccc2)cc1OC. The second-order valence-corrected chi connectivity index (χ2v) is 9.70. The fraction of sp³-hybridized carbons (Fsp3) is 0.312. The number of benzene rings is 3. The van der Waals surface area contributed by atoms with Gasteiger partial charge in [0.05, 0.1) is 25.3 Å². The Hall–Kier alpha value is -4.46. The highest BCUT2D eigenvalue weighted by atomic mass is 16.6. The zero-order valence-electron chi connectivity index (χ0n) is 22.7. The van der Waals surface area contributed by atoms with Gasteiger partial charge < -0.3 is 29.0 Å². The lowest BCUT2D eigenvalue weighted by Gasteiger charge is -2.26. The number of rotatable bonds is 10. The van der Waals surface area contributed by atoms with Crippen LogP contribution in [0.5, 0.6) is 23.0 Å². The smallest absolute Gasteiger partial charge is 0.295 e. The van der Waals surface area contributed by atoms with Gasteiger partial charge in [-0.05, 0) is 54.3 Å². The summed E-state index contributed by atoms with van der Waals surface area (Å²) in [5.74, 6) is 0.417. The van der Waals surface area contributed by atoms with Crippen LogP contribution < -0.4 is 18.9 Å². The number of ketones is 1. The standard InChI is InChI=1S/C32H33NO7/c1-3-4-16-38-24-12-10-22(19-26(24)37-2)29-28(30(34)23-11-13-25-27(20-23)40-18-17-39-25)31(35)32(36)33(29)15-14-21-8-6-5-7-9-21/h5-13,19-20,29,34H,3-4,14-18H2,1-2H3/b30-28+/t29-/m0/s1. The third kappa shape index (κ3) is 5.47. The number of carbonyl (C=O) groups excluding carboxylic acids is 2. The van der Waals surface area contributed by atoms with E-state index in [1.165, 1.54) is 4.90 Å². The number of aliphatic hydroxyl groups excluding tert-OH is 1. The summed E-state index contributed by atoms with van der Waals surface area (Å²) < 4.78 is 22.8. The summed E-state index contributed by atoms with van der Waals surface area (Å²) in [7, 11) is 1.55. The van der Waals surface area contributed by atoms with Gasteiger partial charge in [0, 0.05) is 12.1 Å². The Morgan fingerprint density at radius 3 is 2.50 bits per heavy atom. The normalized spacial score (nSPS) is 17.6. The third-order valence-corrected chi connectivity index (χ3v) is 7.10. The molecule has 0 aromatic heterocycles. The minimum atomic E-state index is -0.824. The topological polar surface area (TPSA) is 94.5 Å². The average molecular weight is 544 g/mol. The van der Waals surface area contributed by atoms with Crippen LogP contribution in [0.3, 0.4) is 0 Å². The highest BCUT2D eigenvalue weighted by molar-refractivity contribution is 6.46. The molecular weight excluding hydrogens is 510 g/mol. The number of ether oxygens (including phenoxy) is 4. The van der Waals surface area contributed by atoms with E-state index in [4.69, 9.17) is 18.9 Å². The molecule has 0 saturated carbocycles. The molecule has 2 heterocycles. The third-order valence-electron chi connectivity index (χ3n) is 7.10. The second kappa shape index (κ2) is 12.2. The van der Waals surface area contributed by atoms with Gasteiger partial charge >= 0.3 is 0 Å². The molecule has 0 radical (unpaired) electrons. The van der Waals surface area contributed by atoms with Gasteiger partial charge in [0.1, 0.15) is 19.0 Å². The maximum absolute atomic E-state index is 13.5. The van der Waals surface area contributed by atoms with E-state index in [0.717, 1.165) is 18.4 Å². The van der Waals surface area contributed by atoms with E-state index >= 15 is 0 Å². The molecule has 0 bridgehead atoms. The van der Waals surface area contributed by atoms with Crippen LogP contribution in [-0.2, 0) is 16.0 Å². The maximum atomic E-state index is 13.5. The van der Waals surface area contributed by atoms with E-state index in [1.54, 1.807) is 37.4 Å². The maximum Gasteiger partial charge on any atom is 0.295 e. The van der Waals surface area contributed by atoms with Crippen LogP contribution in [0.25, 0.3) is 5.76 Å². The Bertz CT molecular complexity index is 1420. The summed E-state index contributed by atoms with van der Waals surface area (Å²) in [6.45, 7) is 3.74. The van der Waals surface area contributed by atoms with Crippen molar-refractivity contribution in [2.45, 2.75) is 32.2 Å². The first-order chi connectivity index (χ1) is 19.5. The summed E-state index contributed by atoms with van der Waals surface area (Å²) in [6.07, 6.45) is 2.44. The number of hydrogen-bond donors (Lipinski definition) is 1. The molecule has 8 heteroatoms. The number of methoxy groups -OCH3 is 1. The Morgan fingerprint density at radius 2 is 1.75 bits per heavy atom. The Kier molecular flexibility index (Phi) is 8.24. The summed E-state index contributed by atoms with van der Waals surface area (Å²) in [4.78, 5) is 28.4. The lowest BCUT2D eigenvalue weighted by atomic mass is 9.94. The highest BCUT2D eigenvalue weighted by Gasteiger charge is 2.46. The molecule has 1 amide bonds. The number of hydrogen-bond acceptors (Lipinski definition) is 7. The number of Topliss-reactive ketones (excluding diaryl/α,β-unsaturated/α-hetero) is 1. The van der Waals surface area contributed by atoms with Crippen molar-refractivity contribution in [2.24, 2.45) is 0 Å². The minimum Gasteiger partial charge on any atom is -0.507 e. The number of nitrogens with zero attached hydrogens (tertiary/aromatic N) is 1. The zero-order chi connectivity index (χ0) is 28.1. The fourth-order valence-corrected chi connectivity index (χ4v) is 5.00. The molecule has 0 aliphatic carbocycles. The first-order valence-corrected chi connectivity index (χ1v) is 13.5. The predicted octanol–water partition coefficient (Wildman–Crippen LogP) is 5.31. The van der Waals surface area contributed by atoms with Gasteiger partial charge in [-0.3, -0.25) is 9.59 Å². The van der Waals surface area contributed by atoms with Crippen molar-refractivity contribution in [3.05, 3.63) is 89.0 Å². The monoisotopic (exact) mass is 543 g/mol. The van der Waals surface area contributed by atoms with Crippen molar-refractivity contribution in [1.29, 1.82) is 0 Å². The molecule has 2 aliphatic rings. The molecule has 1 fully saturated rings. The zero-order valence-corrected chi connectivity index (χ0v) is 22.7. The minimum absolute atomic E-state index is 0.0106. The molecule has 5 rings (SSSR count). The first-order valence-electron chi connectivity index (χ1n) is 13.5. The van der Waals surface area contributed by atoms with E-state index in [0.29, 0.717) is 60.4 Å². The Labute approximate surface area is 233 Å². The van der Waals surface area contributed by atoms with Crippen LogP contribution >= 0.6 is 0 Å². The van der Waals surface area contributed by atoms with Crippen molar-refractivity contribution in [3.8, 4) is 23.0 Å². The van der Waals surface area contributed by atoms with Crippen molar-refractivity contribution in [3.63, 3.8) is 0 Å². The highest BCUT2D eigenvalue weighted by Crippen LogP contribution is 2.43. The molecule has 1 N–H and O–H groups in total. The summed E-state index contributed by atoms with van der Waals surface area (Å²) in [6, 6.07) is 19.3. The van der Waals surface area contributed by atoms with Crippen molar-refractivity contribution < 1.29 is 33.6 Å². The van der Waals surface area contributed by atoms with Gasteiger partial charge in [-0.25, -0.2) is 0 Å². The van der Waals surface area contributed by atoms with Crippen LogP contribution in [0.1, 0.15) is 42.5 Å². The molecular formula is C32H33NO7. The van der Waals surface area contributed by atoms with E-state index in [2.05, 4.69) is 6.92 Å². The van der Waals surface area contributed by atoms with Crippen LogP contribution in [0.2, 0.25) is 0 Å². The molecule has 208 valence electrons. The molecule has 40 heavy (non-hydrogen) atoms. The lowest BCUT2D eigenvalue weighted by molar-refractivity contribution is -0.139. The summed E-state index contributed by atoms with van der Waals surface area (Å²) in [5.41, 5.74) is 2.04. The molecule has 2 aliphatic heterocycles. The quantitative estimate of drug-likeness (QED) is 0.160. The summed E-state index contributed by atoms with van der Waals surface area (Å²) in [5, 5.41) is 11.5. The van der Waals surface area contributed by atoms with E-state index in [1.807, 2.05) is 36.4 Å². The van der Waals surface area contributed by atoms with Gasteiger partial charge in [-0.2, -0.15) is 0 Å². The van der Waals surface area contributed by atoms with Crippen LogP contribution in [0.15, 0.2) is 72.3 Å². The number of likely N-dealkylation sites (tertiary alicyclic amines) is 1. The molecule has 1 saturated heterocycles. The van der Waals surface area contributed by atoms with Crippen molar-refractivity contribution in [2.75, 3.05) is 33.5 Å². The summed E-state index contributed by atoms with van der Waals surface area (Å²) >= 11 is 0. The lowest BCUT2D eigenvalue weighted by Crippen LogP contribution is -2.31. The molecule has 3 aromatic carbocycles. The Morgan fingerprint density at radius 1 is 0.975 bits per heavy atom. The first kappa shape index (κ1) is 27.1. The molecule has 0 spiro atoms. The van der Waals surface area contributed by atoms with Gasteiger partial charge in [0.15, 0.2) is 23.0 Å². The molecule has 8 nitrogen and oxygen atoms in total. The largest absolute Gasteiger partial charge is 0.507 e. The van der Waals surface area contributed by atoms with Gasteiger partial charge in [-0.1, -0.05) is 49.7 Å². The van der Waals surface area contributed by atoms with E-state index in [9.17, 15) is 14.7 Å². The van der Waals surface area contributed by atoms with Crippen LogP contribution in [-0.4, -0.2) is 55.2 Å². The molecule has 3 aromatic rings. The second-order valence-electron chi connectivity index (χ2n) is 9.70. The fourth-order valence-electron chi connectivity index (χ4n) is 5.00. The van der Waals surface area contributed by atoms with E-state index < -0.39 is 17.7 Å². The molecule has 0 unspecified atom stereocenters. The number of fused-ring (bicyclic) bond motifs is 1. The number of carbonyl (C=O) groups is 2. The number of aliphatic hydroxyl groups is 1. The predicted molar refractivity (Wildman–Crippen MR) is 150 cm³/mol. The van der Waals surface area contributed by atoms with Crippen LogP contribution in [0, 0.1) is 0 Å². The van der Waals surface area contributed by atoms with Gasteiger partial charge in [0.25, 0.3) is 11.7 Å². The van der Waals surface area contributed by atoms with Crippen LogP contribution in [0.4, 0.5) is 0 Å². The Balaban J connectivity index is 1.57. The van der Waals surface area contributed by atoms with Crippen molar-refractivity contribution >= 4 is 17.4 Å². The average Bonchev–Trinajstić information content (AvgIpc) is 3.25. The van der Waals surface area contributed by atoms with E-state index in [-0.39, 0.29) is 17.9 Å². The van der Waals surface area contributed by atoms with Crippen molar-refractivity contribution in [1.82, 2.24) is 4.90 Å². The van der Waals surface area contributed by atoms with Gasteiger partial charge in [-0.15, -0.1) is 0 Å². The molecule has 1 atom stereocenters. The number of amides is 1. The van der Waals surface area contributed by atoms with Gasteiger partial charge in [0.2, 0.25) is 0 Å².